The van der Waals surface area contributed by atoms with Gasteiger partial charge in [0.05, 0.1) is 35.4 Å². The van der Waals surface area contributed by atoms with Crippen LogP contribution in [0, 0.1) is 18.8 Å². The van der Waals surface area contributed by atoms with Gasteiger partial charge in [-0.05, 0) is 69.1 Å². The van der Waals surface area contributed by atoms with Crippen LogP contribution in [0.1, 0.15) is 41.3 Å². The Labute approximate surface area is 207 Å². The van der Waals surface area contributed by atoms with Crippen molar-refractivity contribution >= 4 is 46.7 Å². The van der Waals surface area contributed by atoms with Crippen molar-refractivity contribution in [1.82, 2.24) is 4.90 Å². The summed E-state index contributed by atoms with van der Waals surface area (Å²) in [6.07, 6.45) is 1.59. The molecule has 4 aliphatic rings. The largest absolute Gasteiger partial charge is 0.462 e. The topological polar surface area (TPSA) is 96.0 Å². The van der Waals surface area contributed by atoms with Crippen LogP contribution in [0.5, 0.6) is 0 Å². The molecule has 4 aliphatic heterocycles. The number of halogens is 1. The van der Waals surface area contributed by atoms with Crippen LogP contribution in [-0.2, 0) is 24.7 Å². The van der Waals surface area contributed by atoms with Crippen LogP contribution in [0.25, 0.3) is 0 Å². The smallest absolute Gasteiger partial charge is 0.338 e. The molecule has 180 valence electrons. The van der Waals surface area contributed by atoms with Gasteiger partial charge in [-0.2, -0.15) is 0 Å². The second-order valence-corrected chi connectivity index (χ2v) is 9.91. The van der Waals surface area contributed by atoms with Crippen molar-refractivity contribution < 1.29 is 23.9 Å². The van der Waals surface area contributed by atoms with E-state index in [9.17, 15) is 19.2 Å². The summed E-state index contributed by atoms with van der Waals surface area (Å²) < 4.78 is 5.02. The summed E-state index contributed by atoms with van der Waals surface area (Å²) in [5.41, 5.74) is 1.56. The number of esters is 1. The maximum Gasteiger partial charge on any atom is 0.338 e. The van der Waals surface area contributed by atoms with E-state index in [1.165, 1.54) is 4.90 Å². The van der Waals surface area contributed by atoms with E-state index in [4.69, 9.17) is 16.3 Å². The van der Waals surface area contributed by atoms with Crippen LogP contribution in [0.2, 0.25) is 5.02 Å². The molecule has 0 bridgehead atoms. The summed E-state index contributed by atoms with van der Waals surface area (Å²) in [6, 6.07) is 9.61. The van der Waals surface area contributed by atoms with Crippen LogP contribution in [-0.4, -0.2) is 47.8 Å². The zero-order valence-corrected chi connectivity index (χ0v) is 20.1. The Morgan fingerprint density at radius 3 is 2.60 bits per heavy atom. The molecular weight excluding hydrogens is 470 g/mol. The van der Waals surface area contributed by atoms with E-state index in [2.05, 4.69) is 10.2 Å². The van der Waals surface area contributed by atoms with Gasteiger partial charge in [-0.3, -0.25) is 19.3 Å². The quantitative estimate of drug-likeness (QED) is 0.521. The first-order valence-corrected chi connectivity index (χ1v) is 12.2. The minimum Gasteiger partial charge on any atom is -0.462 e. The number of hydrogen-bond donors (Lipinski definition) is 1. The van der Waals surface area contributed by atoms with Gasteiger partial charge < -0.3 is 10.1 Å². The maximum atomic E-state index is 14.0. The summed E-state index contributed by atoms with van der Waals surface area (Å²) in [5.74, 6) is -2.91. The molecule has 1 N–H and O–H groups in total. The highest BCUT2D eigenvalue weighted by Gasteiger charge is 2.74. The number of imide groups is 1. The molecule has 4 heterocycles. The normalized spacial score (nSPS) is 28.9. The highest BCUT2D eigenvalue weighted by atomic mass is 35.5. The Kier molecular flexibility index (Phi) is 4.85. The minimum atomic E-state index is -1.25. The number of anilines is 2. The molecule has 6 rings (SSSR count). The van der Waals surface area contributed by atoms with E-state index >= 15 is 0 Å². The molecule has 1 spiro atoms. The zero-order valence-electron chi connectivity index (χ0n) is 19.3. The number of carbonyl (C=O) groups excluding carboxylic acids is 4. The molecule has 3 amide bonds. The standard InChI is InChI=1S/C26H24ClN3O5/c1-3-35-24(33)14-6-8-15(9-7-14)30-22(31)19-18-5-4-12-29(18)26(20(19)23(30)32)16-10-11-17(27)13(2)21(16)28-25(26)34/h6-11,18-20H,3-5,12H2,1-2H3,(H,28,34)/t18-,19-,20+,26-/m1/s1. The Morgan fingerprint density at radius 1 is 1.14 bits per heavy atom. The van der Waals surface area contributed by atoms with Crippen molar-refractivity contribution in [1.29, 1.82) is 0 Å². The van der Waals surface area contributed by atoms with Gasteiger partial charge in [0.1, 0.15) is 5.54 Å². The number of nitrogens with one attached hydrogen (secondary N) is 1. The van der Waals surface area contributed by atoms with E-state index in [0.29, 0.717) is 34.1 Å². The van der Waals surface area contributed by atoms with Gasteiger partial charge in [0, 0.05) is 16.6 Å². The molecule has 9 heteroatoms. The van der Waals surface area contributed by atoms with E-state index in [1.807, 2.05) is 13.0 Å². The Bertz CT molecular complexity index is 1310. The van der Waals surface area contributed by atoms with Gasteiger partial charge >= 0.3 is 5.97 Å². The first-order chi connectivity index (χ1) is 16.8. The zero-order chi connectivity index (χ0) is 24.6. The molecule has 0 radical (unpaired) electrons. The van der Waals surface area contributed by atoms with Crippen LogP contribution in [0.15, 0.2) is 36.4 Å². The summed E-state index contributed by atoms with van der Waals surface area (Å²) in [6.45, 7) is 4.46. The molecule has 0 unspecified atom stereocenters. The Hall–Kier alpha value is -3.23. The van der Waals surface area contributed by atoms with Gasteiger partial charge in [-0.1, -0.05) is 17.7 Å². The molecule has 0 saturated carbocycles. The van der Waals surface area contributed by atoms with Crippen molar-refractivity contribution in [2.24, 2.45) is 11.8 Å². The Balaban J connectivity index is 1.46. The fraction of sp³-hybridized carbons (Fsp3) is 0.385. The number of nitrogens with zero attached hydrogens (tertiary/aromatic N) is 2. The molecule has 3 fully saturated rings. The number of benzene rings is 2. The molecule has 35 heavy (non-hydrogen) atoms. The van der Waals surface area contributed by atoms with Crippen LogP contribution in [0.4, 0.5) is 11.4 Å². The number of hydrogen-bond acceptors (Lipinski definition) is 6. The van der Waals surface area contributed by atoms with E-state index in [-0.39, 0.29) is 24.5 Å². The highest BCUT2D eigenvalue weighted by molar-refractivity contribution is 6.32. The number of carbonyl (C=O) groups is 4. The summed E-state index contributed by atoms with van der Waals surface area (Å²) in [7, 11) is 0. The van der Waals surface area contributed by atoms with Crippen LogP contribution < -0.4 is 10.2 Å². The molecule has 2 aromatic rings. The predicted molar refractivity (Wildman–Crippen MR) is 128 cm³/mol. The first-order valence-electron chi connectivity index (χ1n) is 11.8. The second kappa shape index (κ2) is 7.63. The molecule has 3 saturated heterocycles. The van der Waals surface area contributed by atoms with Crippen molar-refractivity contribution in [2.45, 2.75) is 38.3 Å². The third-order valence-corrected chi connectivity index (χ3v) is 8.41. The van der Waals surface area contributed by atoms with Gasteiger partial charge in [0.25, 0.3) is 0 Å². The number of amides is 3. The third-order valence-electron chi connectivity index (χ3n) is 8.00. The van der Waals surface area contributed by atoms with E-state index < -0.39 is 29.3 Å². The van der Waals surface area contributed by atoms with E-state index in [1.54, 1.807) is 37.3 Å². The van der Waals surface area contributed by atoms with Crippen molar-refractivity contribution in [3.05, 3.63) is 58.1 Å². The average molecular weight is 494 g/mol. The molecule has 8 nitrogen and oxygen atoms in total. The lowest BCUT2D eigenvalue weighted by Gasteiger charge is -2.36. The minimum absolute atomic E-state index is 0.201. The SMILES string of the molecule is CCOC(=O)c1ccc(N2C(=O)[C@@H]3[C@H]4CCCN4[C@@]4(C(=O)Nc5c4ccc(Cl)c5C)[C@@H]3C2=O)cc1. The van der Waals surface area contributed by atoms with Gasteiger partial charge in [0.15, 0.2) is 0 Å². The molecule has 2 aromatic carbocycles. The monoisotopic (exact) mass is 493 g/mol. The average Bonchev–Trinajstić information content (AvgIpc) is 3.55. The number of fused-ring (bicyclic) bond motifs is 7. The second-order valence-electron chi connectivity index (χ2n) is 9.50. The van der Waals surface area contributed by atoms with Crippen LogP contribution in [0.3, 0.4) is 0 Å². The first kappa shape index (κ1) is 22.2. The van der Waals surface area contributed by atoms with Gasteiger partial charge in [0.2, 0.25) is 17.7 Å². The number of ether oxygens (including phenoxy) is 1. The van der Waals surface area contributed by atoms with E-state index in [0.717, 1.165) is 18.4 Å². The third kappa shape index (κ3) is 2.72. The summed E-state index contributed by atoms with van der Waals surface area (Å²) >= 11 is 6.34. The Morgan fingerprint density at radius 2 is 1.89 bits per heavy atom. The molecular formula is C26H24ClN3O5. The summed E-state index contributed by atoms with van der Waals surface area (Å²) in [5, 5.41) is 3.52. The fourth-order valence-electron chi connectivity index (χ4n) is 6.61. The maximum absolute atomic E-state index is 14.0. The fourth-order valence-corrected chi connectivity index (χ4v) is 6.76. The molecule has 0 aromatic heterocycles. The highest BCUT2D eigenvalue weighted by Crippen LogP contribution is 2.61. The predicted octanol–water partition coefficient (Wildman–Crippen LogP) is 3.26. The molecule has 4 atom stereocenters. The lowest BCUT2D eigenvalue weighted by molar-refractivity contribution is -0.135. The van der Waals surface area contributed by atoms with Crippen molar-refractivity contribution in [3.8, 4) is 0 Å². The van der Waals surface area contributed by atoms with Crippen molar-refractivity contribution in [3.63, 3.8) is 0 Å². The lowest BCUT2D eigenvalue weighted by atomic mass is 9.75. The van der Waals surface area contributed by atoms with Crippen molar-refractivity contribution in [2.75, 3.05) is 23.4 Å². The van der Waals surface area contributed by atoms with Gasteiger partial charge in [-0.25, -0.2) is 9.69 Å². The number of rotatable bonds is 3. The van der Waals surface area contributed by atoms with Gasteiger partial charge in [-0.15, -0.1) is 0 Å². The van der Waals surface area contributed by atoms with Crippen LogP contribution >= 0.6 is 11.6 Å². The lowest BCUT2D eigenvalue weighted by Crippen LogP contribution is -2.54. The molecule has 0 aliphatic carbocycles. The summed E-state index contributed by atoms with van der Waals surface area (Å²) in [4.78, 5) is 56.8.